The zero-order valence-corrected chi connectivity index (χ0v) is 9.86. The van der Waals surface area contributed by atoms with Crippen molar-refractivity contribution in [1.29, 1.82) is 0 Å². The lowest BCUT2D eigenvalue weighted by molar-refractivity contribution is 0.208. The fourth-order valence-corrected chi connectivity index (χ4v) is 3.31. The molecule has 0 radical (unpaired) electrons. The Bertz CT molecular complexity index is 302. The highest BCUT2D eigenvalue weighted by Gasteiger charge is 2.45. The lowest BCUT2D eigenvalue weighted by Crippen LogP contribution is -2.50. The molecule has 0 spiro atoms. The first-order valence-electron chi connectivity index (χ1n) is 5.35. The third kappa shape index (κ3) is 1.61. The molecular formula is C12H19NS. The molecule has 2 N–H and O–H groups in total. The molecule has 2 heteroatoms. The summed E-state index contributed by atoms with van der Waals surface area (Å²) in [6, 6.07) is 4.32. The van der Waals surface area contributed by atoms with E-state index in [1.54, 1.807) is 0 Å². The maximum absolute atomic E-state index is 6.53. The molecule has 0 aromatic carbocycles. The van der Waals surface area contributed by atoms with Crippen LogP contribution in [0.5, 0.6) is 0 Å². The second kappa shape index (κ2) is 3.35. The average molecular weight is 209 g/mol. The monoisotopic (exact) mass is 209 g/mol. The van der Waals surface area contributed by atoms with Gasteiger partial charge in [0.15, 0.2) is 0 Å². The molecule has 1 atom stereocenters. The van der Waals surface area contributed by atoms with E-state index >= 15 is 0 Å². The summed E-state index contributed by atoms with van der Waals surface area (Å²) in [6.07, 6.45) is 4.79. The summed E-state index contributed by atoms with van der Waals surface area (Å²) >= 11 is 1.83. The first-order valence-corrected chi connectivity index (χ1v) is 6.23. The first-order chi connectivity index (χ1) is 6.54. The minimum absolute atomic E-state index is 0.0256. The van der Waals surface area contributed by atoms with Crippen molar-refractivity contribution >= 4 is 11.3 Å². The highest BCUT2D eigenvalue weighted by atomic mass is 32.1. The quantitative estimate of drug-likeness (QED) is 0.795. The largest absolute Gasteiger partial charge is 0.324 e. The van der Waals surface area contributed by atoms with Crippen LogP contribution in [0.15, 0.2) is 17.5 Å². The van der Waals surface area contributed by atoms with Gasteiger partial charge in [-0.1, -0.05) is 26.3 Å². The molecule has 1 aromatic heterocycles. The van der Waals surface area contributed by atoms with Gasteiger partial charge in [-0.2, -0.15) is 0 Å². The van der Waals surface area contributed by atoms with Crippen LogP contribution in [-0.4, -0.2) is 5.54 Å². The third-order valence-corrected chi connectivity index (χ3v) is 4.72. The van der Waals surface area contributed by atoms with Crippen molar-refractivity contribution in [3.05, 3.63) is 22.4 Å². The normalized spacial score (nSPS) is 30.8. The Morgan fingerprint density at radius 2 is 2.21 bits per heavy atom. The van der Waals surface area contributed by atoms with Gasteiger partial charge < -0.3 is 5.73 Å². The van der Waals surface area contributed by atoms with E-state index in [-0.39, 0.29) is 5.54 Å². The molecule has 1 unspecified atom stereocenters. The van der Waals surface area contributed by atoms with E-state index in [0.29, 0.717) is 5.41 Å². The van der Waals surface area contributed by atoms with Gasteiger partial charge in [0.25, 0.3) is 0 Å². The van der Waals surface area contributed by atoms with Gasteiger partial charge >= 0.3 is 0 Å². The zero-order chi connectivity index (χ0) is 10.2. The molecule has 0 bridgehead atoms. The van der Waals surface area contributed by atoms with Gasteiger partial charge in [0.2, 0.25) is 0 Å². The molecule has 1 saturated carbocycles. The lowest BCUT2D eigenvalue weighted by Gasteiger charge is -2.38. The molecule has 0 saturated heterocycles. The van der Waals surface area contributed by atoms with Crippen LogP contribution >= 0.6 is 11.3 Å². The molecule has 1 heterocycles. The van der Waals surface area contributed by atoms with Crippen LogP contribution in [0.4, 0.5) is 0 Å². The van der Waals surface area contributed by atoms with Crippen LogP contribution in [0.2, 0.25) is 0 Å². The summed E-state index contributed by atoms with van der Waals surface area (Å²) in [5, 5.41) is 2.14. The summed E-state index contributed by atoms with van der Waals surface area (Å²) in [5.74, 6) is 0. The summed E-state index contributed by atoms with van der Waals surface area (Å²) in [7, 11) is 0. The van der Waals surface area contributed by atoms with Gasteiger partial charge in [0.05, 0.1) is 0 Å². The van der Waals surface area contributed by atoms with Crippen LogP contribution < -0.4 is 5.73 Å². The van der Waals surface area contributed by atoms with E-state index < -0.39 is 0 Å². The number of hydrogen-bond donors (Lipinski definition) is 1. The Morgan fingerprint density at radius 3 is 2.71 bits per heavy atom. The third-order valence-electron chi connectivity index (χ3n) is 3.84. The smallest absolute Gasteiger partial charge is 0.0254 e. The van der Waals surface area contributed by atoms with Crippen molar-refractivity contribution < 1.29 is 0 Å². The fraction of sp³-hybridized carbons (Fsp3) is 0.667. The van der Waals surface area contributed by atoms with Crippen molar-refractivity contribution in [2.24, 2.45) is 11.1 Å². The van der Waals surface area contributed by atoms with Gasteiger partial charge in [-0.25, -0.2) is 0 Å². The van der Waals surface area contributed by atoms with E-state index in [1.165, 1.54) is 24.1 Å². The molecule has 2 rings (SSSR count). The lowest BCUT2D eigenvalue weighted by atomic mass is 9.73. The minimum Gasteiger partial charge on any atom is -0.324 e. The molecule has 1 nitrogen and oxygen atoms in total. The second-order valence-corrected chi connectivity index (χ2v) is 6.18. The number of rotatable bonds is 2. The number of hydrogen-bond acceptors (Lipinski definition) is 2. The standard InChI is InChI=1S/C12H19NS/c1-11(2)6-4-7-12(11,13)9-10-5-3-8-14-10/h3,5,8H,4,6-7,9,13H2,1-2H3. The molecule has 0 aliphatic heterocycles. The average Bonchev–Trinajstić information content (AvgIpc) is 2.63. The van der Waals surface area contributed by atoms with Crippen molar-refractivity contribution in [3.63, 3.8) is 0 Å². The van der Waals surface area contributed by atoms with Gasteiger partial charge in [0.1, 0.15) is 0 Å². The van der Waals surface area contributed by atoms with Gasteiger partial charge in [-0.15, -0.1) is 11.3 Å². The van der Waals surface area contributed by atoms with E-state index in [4.69, 9.17) is 5.73 Å². The van der Waals surface area contributed by atoms with Crippen LogP contribution in [0.1, 0.15) is 38.0 Å². The van der Waals surface area contributed by atoms with E-state index in [1.807, 2.05) is 11.3 Å². The molecule has 1 aliphatic carbocycles. The van der Waals surface area contributed by atoms with Gasteiger partial charge in [-0.05, 0) is 29.7 Å². The van der Waals surface area contributed by atoms with Crippen molar-refractivity contribution in [1.82, 2.24) is 0 Å². The van der Waals surface area contributed by atoms with E-state index in [0.717, 1.165) is 6.42 Å². The Morgan fingerprint density at radius 1 is 1.43 bits per heavy atom. The first kappa shape index (κ1) is 10.2. The molecule has 14 heavy (non-hydrogen) atoms. The Kier molecular flexibility index (Phi) is 2.44. The number of nitrogens with two attached hydrogens (primary N) is 1. The van der Waals surface area contributed by atoms with E-state index in [2.05, 4.69) is 31.4 Å². The molecule has 78 valence electrons. The molecule has 1 aliphatic rings. The number of thiophene rings is 1. The Balaban J connectivity index is 2.17. The van der Waals surface area contributed by atoms with Gasteiger partial charge in [0, 0.05) is 16.8 Å². The van der Waals surface area contributed by atoms with Crippen LogP contribution in [0.3, 0.4) is 0 Å². The molecule has 1 fully saturated rings. The van der Waals surface area contributed by atoms with Crippen LogP contribution in [-0.2, 0) is 6.42 Å². The van der Waals surface area contributed by atoms with Crippen LogP contribution in [0, 0.1) is 5.41 Å². The summed E-state index contributed by atoms with van der Waals surface area (Å²) in [5.41, 5.74) is 6.86. The highest BCUT2D eigenvalue weighted by Crippen LogP contribution is 2.46. The minimum atomic E-state index is 0.0256. The fourth-order valence-electron chi connectivity index (χ4n) is 2.48. The Hall–Kier alpha value is -0.340. The van der Waals surface area contributed by atoms with Crippen molar-refractivity contribution in [2.75, 3.05) is 0 Å². The van der Waals surface area contributed by atoms with E-state index in [9.17, 15) is 0 Å². The molecule has 0 amide bonds. The maximum atomic E-state index is 6.53. The summed E-state index contributed by atoms with van der Waals surface area (Å²) in [4.78, 5) is 1.43. The predicted molar refractivity (Wildman–Crippen MR) is 62.6 cm³/mol. The zero-order valence-electron chi connectivity index (χ0n) is 9.05. The Labute approximate surface area is 90.3 Å². The van der Waals surface area contributed by atoms with Crippen molar-refractivity contribution in [3.8, 4) is 0 Å². The topological polar surface area (TPSA) is 26.0 Å². The maximum Gasteiger partial charge on any atom is 0.0254 e. The SMILES string of the molecule is CC1(C)CCCC1(N)Cc1cccs1. The summed E-state index contributed by atoms with van der Waals surface area (Å²) < 4.78 is 0. The second-order valence-electron chi connectivity index (χ2n) is 5.15. The summed E-state index contributed by atoms with van der Waals surface area (Å²) in [6.45, 7) is 4.63. The highest BCUT2D eigenvalue weighted by molar-refractivity contribution is 7.09. The van der Waals surface area contributed by atoms with Crippen molar-refractivity contribution in [2.45, 2.75) is 45.1 Å². The van der Waals surface area contributed by atoms with Crippen LogP contribution in [0.25, 0.3) is 0 Å². The predicted octanol–water partition coefficient (Wildman–Crippen LogP) is 3.20. The molecule has 1 aromatic rings. The van der Waals surface area contributed by atoms with Gasteiger partial charge in [-0.3, -0.25) is 0 Å². The molecular weight excluding hydrogens is 190 g/mol.